The molecule has 196 valence electrons. The predicted octanol–water partition coefficient (Wildman–Crippen LogP) is 6.28. The highest BCUT2D eigenvalue weighted by Gasteiger charge is 2.33. The Morgan fingerprint density at radius 2 is 1.78 bits per heavy atom. The molecule has 6 heteroatoms. The van der Waals surface area contributed by atoms with Crippen molar-refractivity contribution >= 4 is 6.09 Å². The van der Waals surface area contributed by atoms with Crippen LogP contribution in [0.3, 0.4) is 0 Å². The van der Waals surface area contributed by atoms with Crippen molar-refractivity contribution in [3.63, 3.8) is 0 Å². The topological polar surface area (TPSA) is 50.8 Å². The van der Waals surface area contributed by atoms with Gasteiger partial charge in [-0.15, -0.1) is 0 Å². The lowest BCUT2D eigenvalue weighted by molar-refractivity contribution is -0.0220. The van der Waals surface area contributed by atoms with Crippen LogP contribution in [0.2, 0.25) is 0 Å². The first kappa shape index (κ1) is 26.6. The number of ether oxygens (including phenoxy) is 2. The molecule has 1 saturated carbocycles. The van der Waals surface area contributed by atoms with Crippen LogP contribution in [0.5, 0.6) is 0 Å². The maximum absolute atomic E-state index is 13.6. The number of amides is 1. The fourth-order valence-electron chi connectivity index (χ4n) is 5.49. The van der Waals surface area contributed by atoms with Gasteiger partial charge in [0.05, 0.1) is 12.7 Å². The SMILES string of the molecule is CC(C)(C)OC(=O)N[C@@H]1CCN(Cc2ccccc2)CC1COC1CCC(c2cccc(F)c2)CC1. The molecule has 5 nitrogen and oxygen atoms in total. The highest BCUT2D eigenvalue weighted by molar-refractivity contribution is 5.68. The summed E-state index contributed by atoms with van der Waals surface area (Å²) in [5.74, 6) is 0.431. The number of rotatable bonds is 7. The Kier molecular flexibility index (Phi) is 9.02. The first-order chi connectivity index (χ1) is 17.2. The van der Waals surface area contributed by atoms with Crippen LogP contribution in [0.4, 0.5) is 9.18 Å². The van der Waals surface area contributed by atoms with Crippen LogP contribution >= 0.6 is 0 Å². The number of carbonyl (C=O) groups excluding carboxylic acids is 1. The lowest BCUT2D eigenvalue weighted by Gasteiger charge is -2.40. The molecule has 0 spiro atoms. The number of carbonyl (C=O) groups is 1. The van der Waals surface area contributed by atoms with E-state index in [1.54, 1.807) is 12.1 Å². The lowest BCUT2D eigenvalue weighted by atomic mass is 9.82. The lowest BCUT2D eigenvalue weighted by Crippen LogP contribution is -2.53. The molecule has 0 bridgehead atoms. The molecule has 1 saturated heterocycles. The van der Waals surface area contributed by atoms with E-state index >= 15 is 0 Å². The first-order valence-corrected chi connectivity index (χ1v) is 13.4. The zero-order chi connectivity index (χ0) is 25.5. The monoisotopic (exact) mass is 496 g/mol. The number of benzene rings is 2. The Hall–Kier alpha value is -2.44. The van der Waals surface area contributed by atoms with Crippen molar-refractivity contribution < 1.29 is 18.7 Å². The number of hydrogen-bond donors (Lipinski definition) is 1. The number of hydrogen-bond acceptors (Lipinski definition) is 4. The van der Waals surface area contributed by atoms with Gasteiger partial charge in [-0.3, -0.25) is 4.90 Å². The minimum atomic E-state index is -0.523. The summed E-state index contributed by atoms with van der Waals surface area (Å²) >= 11 is 0. The number of halogens is 1. The molecule has 4 rings (SSSR count). The Balaban J connectivity index is 1.32. The molecule has 2 aromatic carbocycles. The van der Waals surface area contributed by atoms with E-state index in [-0.39, 0.29) is 30.0 Å². The number of piperidine rings is 1. The minimum absolute atomic E-state index is 0.0236. The van der Waals surface area contributed by atoms with E-state index in [1.165, 1.54) is 11.6 Å². The van der Waals surface area contributed by atoms with Gasteiger partial charge < -0.3 is 14.8 Å². The maximum Gasteiger partial charge on any atom is 0.407 e. The van der Waals surface area contributed by atoms with Crippen LogP contribution in [0.25, 0.3) is 0 Å². The van der Waals surface area contributed by atoms with Gasteiger partial charge in [0.25, 0.3) is 0 Å². The Morgan fingerprint density at radius 1 is 1.03 bits per heavy atom. The van der Waals surface area contributed by atoms with E-state index in [0.29, 0.717) is 12.5 Å². The minimum Gasteiger partial charge on any atom is -0.444 e. The standard InChI is InChI=1S/C30H41FN2O3/c1-30(2,3)36-29(34)32-28-16-17-33(19-22-8-5-4-6-9-22)20-25(28)21-35-27-14-12-23(13-15-27)24-10-7-11-26(31)18-24/h4-11,18,23,25,27-28H,12-17,19-21H2,1-3H3,(H,32,34)/t23?,25?,27?,28-/m1/s1. The molecule has 36 heavy (non-hydrogen) atoms. The van der Waals surface area contributed by atoms with Gasteiger partial charge in [-0.05, 0) is 82.1 Å². The van der Waals surface area contributed by atoms with Crippen molar-refractivity contribution in [3.8, 4) is 0 Å². The van der Waals surface area contributed by atoms with E-state index in [0.717, 1.165) is 57.3 Å². The van der Waals surface area contributed by atoms with E-state index in [4.69, 9.17) is 9.47 Å². The molecule has 0 radical (unpaired) electrons. The molecular formula is C30H41FN2O3. The molecule has 1 N–H and O–H groups in total. The predicted molar refractivity (Wildman–Crippen MR) is 140 cm³/mol. The number of alkyl carbamates (subject to hydrolysis) is 1. The van der Waals surface area contributed by atoms with Crippen molar-refractivity contribution in [3.05, 3.63) is 71.5 Å². The summed E-state index contributed by atoms with van der Waals surface area (Å²) in [5.41, 5.74) is 1.87. The Morgan fingerprint density at radius 3 is 2.47 bits per heavy atom. The number of nitrogens with one attached hydrogen (secondary N) is 1. The average molecular weight is 497 g/mol. The molecule has 2 atom stereocenters. The second-order valence-electron chi connectivity index (χ2n) is 11.4. The fraction of sp³-hybridized carbons (Fsp3) is 0.567. The van der Waals surface area contributed by atoms with Gasteiger partial charge in [-0.1, -0.05) is 42.5 Å². The highest BCUT2D eigenvalue weighted by atomic mass is 19.1. The average Bonchev–Trinajstić information content (AvgIpc) is 2.84. The van der Waals surface area contributed by atoms with Crippen molar-refractivity contribution in [2.24, 2.45) is 5.92 Å². The fourth-order valence-corrected chi connectivity index (χ4v) is 5.49. The third-order valence-corrected chi connectivity index (χ3v) is 7.31. The molecule has 1 amide bonds. The zero-order valence-corrected chi connectivity index (χ0v) is 21.9. The molecular weight excluding hydrogens is 455 g/mol. The third kappa shape index (κ3) is 8.04. The van der Waals surface area contributed by atoms with Crippen molar-refractivity contribution in [1.29, 1.82) is 0 Å². The molecule has 2 aromatic rings. The molecule has 1 heterocycles. The zero-order valence-electron chi connectivity index (χ0n) is 21.9. The summed E-state index contributed by atoms with van der Waals surface area (Å²) in [6.07, 6.45) is 4.70. The van der Waals surface area contributed by atoms with Gasteiger partial charge >= 0.3 is 6.09 Å². The van der Waals surface area contributed by atoms with Crippen LogP contribution in [0.15, 0.2) is 54.6 Å². The van der Waals surface area contributed by atoms with Crippen molar-refractivity contribution in [1.82, 2.24) is 10.2 Å². The number of nitrogens with zero attached hydrogens (tertiary/aromatic N) is 1. The maximum atomic E-state index is 13.6. The van der Waals surface area contributed by atoms with Gasteiger partial charge in [-0.25, -0.2) is 9.18 Å². The summed E-state index contributed by atoms with van der Waals surface area (Å²) in [4.78, 5) is 15.0. The van der Waals surface area contributed by atoms with Gasteiger partial charge in [0.15, 0.2) is 0 Å². The molecule has 1 unspecified atom stereocenters. The van der Waals surface area contributed by atoms with E-state index in [1.807, 2.05) is 32.9 Å². The molecule has 2 aliphatic rings. The highest BCUT2D eigenvalue weighted by Crippen LogP contribution is 2.34. The second-order valence-corrected chi connectivity index (χ2v) is 11.4. The first-order valence-electron chi connectivity index (χ1n) is 13.4. The van der Waals surface area contributed by atoms with Crippen molar-refractivity contribution in [2.45, 2.75) is 83.1 Å². The quantitative estimate of drug-likeness (QED) is 0.490. The van der Waals surface area contributed by atoms with E-state index in [2.05, 4.69) is 34.5 Å². The van der Waals surface area contributed by atoms with Crippen LogP contribution in [-0.2, 0) is 16.0 Å². The van der Waals surface area contributed by atoms with Crippen molar-refractivity contribution in [2.75, 3.05) is 19.7 Å². The molecule has 1 aliphatic heterocycles. The van der Waals surface area contributed by atoms with Gasteiger partial charge in [0.1, 0.15) is 11.4 Å². The van der Waals surface area contributed by atoms with Crippen LogP contribution in [0, 0.1) is 11.7 Å². The van der Waals surface area contributed by atoms with Crippen LogP contribution in [-0.4, -0.2) is 48.4 Å². The normalized spacial score (nSPS) is 25.3. The summed E-state index contributed by atoms with van der Waals surface area (Å²) in [5, 5.41) is 3.13. The summed E-state index contributed by atoms with van der Waals surface area (Å²) < 4.78 is 25.6. The van der Waals surface area contributed by atoms with Gasteiger partial charge in [0.2, 0.25) is 0 Å². The van der Waals surface area contributed by atoms with Gasteiger partial charge in [-0.2, -0.15) is 0 Å². The molecule has 2 fully saturated rings. The van der Waals surface area contributed by atoms with Gasteiger partial charge in [0, 0.05) is 31.6 Å². The largest absolute Gasteiger partial charge is 0.444 e. The molecule has 1 aliphatic carbocycles. The molecule has 0 aromatic heterocycles. The Labute approximate surface area is 215 Å². The van der Waals surface area contributed by atoms with Crippen LogP contribution in [0.1, 0.15) is 69.9 Å². The van der Waals surface area contributed by atoms with E-state index < -0.39 is 5.60 Å². The summed E-state index contributed by atoms with van der Waals surface area (Å²) in [6, 6.07) is 17.5. The number of likely N-dealkylation sites (tertiary alicyclic amines) is 1. The third-order valence-electron chi connectivity index (χ3n) is 7.31. The second kappa shape index (κ2) is 12.2. The smallest absolute Gasteiger partial charge is 0.407 e. The van der Waals surface area contributed by atoms with Crippen LogP contribution < -0.4 is 5.32 Å². The summed E-state index contributed by atoms with van der Waals surface area (Å²) in [7, 11) is 0. The summed E-state index contributed by atoms with van der Waals surface area (Å²) in [6.45, 7) is 8.95. The van der Waals surface area contributed by atoms with E-state index in [9.17, 15) is 9.18 Å². The Bertz CT molecular complexity index is 970.